The summed E-state index contributed by atoms with van der Waals surface area (Å²) in [6.07, 6.45) is 3.57. The number of nitroso groups, excluding NO2 is 2. The lowest BCUT2D eigenvalue weighted by molar-refractivity contribution is 0.0920. The molecule has 0 atom stereocenters. The highest BCUT2D eigenvalue weighted by atomic mass is 16.4. The van der Waals surface area contributed by atoms with Crippen LogP contribution in [-0.2, 0) is 6.42 Å². The van der Waals surface area contributed by atoms with Gasteiger partial charge in [-0.05, 0) is 46.6 Å². The second-order valence-corrected chi connectivity index (χ2v) is 5.17. The standard InChI is InChI=1S/C16H12N6O4/c23-14(16-20-19-15(26-16)11-2-1-6-17-9-11)18-7-5-10-3-4-12(21-24)13(8-10)22-25/h1-4,6,8-9H,5,7H2,(H,18,23). The minimum atomic E-state index is -0.521. The zero-order valence-corrected chi connectivity index (χ0v) is 13.3. The summed E-state index contributed by atoms with van der Waals surface area (Å²) in [5.41, 5.74) is 1.26. The number of carbonyl (C=O) groups is 1. The van der Waals surface area contributed by atoms with Gasteiger partial charge in [-0.1, -0.05) is 6.07 Å². The molecule has 10 heteroatoms. The summed E-state index contributed by atoms with van der Waals surface area (Å²) < 4.78 is 5.32. The summed E-state index contributed by atoms with van der Waals surface area (Å²) >= 11 is 0. The molecule has 1 amide bonds. The first-order valence-corrected chi connectivity index (χ1v) is 7.53. The van der Waals surface area contributed by atoms with Gasteiger partial charge in [0.1, 0.15) is 11.4 Å². The molecule has 0 saturated heterocycles. The van der Waals surface area contributed by atoms with Gasteiger partial charge in [-0.25, -0.2) is 0 Å². The predicted octanol–water partition coefficient (Wildman–Crippen LogP) is 2.90. The normalized spacial score (nSPS) is 10.3. The second-order valence-electron chi connectivity index (χ2n) is 5.17. The molecule has 1 N–H and O–H groups in total. The highest BCUT2D eigenvalue weighted by Gasteiger charge is 2.15. The van der Waals surface area contributed by atoms with E-state index >= 15 is 0 Å². The van der Waals surface area contributed by atoms with Crippen LogP contribution in [0.25, 0.3) is 11.5 Å². The van der Waals surface area contributed by atoms with Crippen molar-refractivity contribution in [3.05, 3.63) is 64.0 Å². The third-order valence-corrected chi connectivity index (χ3v) is 3.46. The smallest absolute Gasteiger partial charge is 0.308 e. The molecule has 3 aromatic rings. The molecule has 0 radical (unpaired) electrons. The number of aromatic nitrogens is 3. The van der Waals surface area contributed by atoms with Gasteiger partial charge >= 0.3 is 11.8 Å². The Hall–Kier alpha value is -3.82. The number of carbonyl (C=O) groups excluding carboxylic acids is 1. The maximum atomic E-state index is 12.1. The summed E-state index contributed by atoms with van der Waals surface area (Å²) in [7, 11) is 0. The summed E-state index contributed by atoms with van der Waals surface area (Å²) in [4.78, 5) is 37.2. The molecule has 2 heterocycles. The van der Waals surface area contributed by atoms with Gasteiger partial charge in [0, 0.05) is 18.9 Å². The van der Waals surface area contributed by atoms with Crippen LogP contribution in [0.2, 0.25) is 0 Å². The first-order valence-electron chi connectivity index (χ1n) is 7.53. The van der Waals surface area contributed by atoms with Gasteiger partial charge in [-0.15, -0.1) is 20.0 Å². The molecular weight excluding hydrogens is 340 g/mol. The third kappa shape index (κ3) is 3.80. The number of nitrogens with one attached hydrogen (secondary N) is 1. The van der Waals surface area contributed by atoms with Crippen molar-refractivity contribution in [3.63, 3.8) is 0 Å². The first-order chi connectivity index (χ1) is 12.7. The molecule has 0 spiro atoms. The largest absolute Gasteiger partial charge is 0.412 e. The summed E-state index contributed by atoms with van der Waals surface area (Å²) in [5.74, 6) is -0.492. The molecular formula is C16H12N6O4. The van der Waals surface area contributed by atoms with E-state index < -0.39 is 5.91 Å². The lowest BCUT2D eigenvalue weighted by Gasteiger charge is -2.04. The average Bonchev–Trinajstić information content (AvgIpc) is 3.19. The first kappa shape index (κ1) is 17.0. The minimum Gasteiger partial charge on any atom is -0.412 e. The monoisotopic (exact) mass is 352 g/mol. The van der Waals surface area contributed by atoms with Crippen molar-refractivity contribution >= 4 is 17.3 Å². The van der Waals surface area contributed by atoms with E-state index in [4.69, 9.17) is 4.42 Å². The van der Waals surface area contributed by atoms with Crippen molar-refractivity contribution in [1.29, 1.82) is 0 Å². The van der Waals surface area contributed by atoms with Crippen molar-refractivity contribution < 1.29 is 9.21 Å². The Balaban J connectivity index is 1.59. The Morgan fingerprint density at radius 1 is 1.12 bits per heavy atom. The maximum absolute atomic E-state index is 12.1. The van der Waals surface area contributed by atoms with Crippen LogP contribution in [0.4, 0.5) is 11.4 Å². The number of nitrogens with zero attached hydrogens (tertiary/aromatic N) is 5. The van der Waals surface area contributed by atoms with E-state index in [9.17, 15) is 14.6 Å². The Labute approximate surface area is 146 Å². The number of rotatable bonds is 7. The average molecular weight is 352 g/mol. The lowest BCUT2D eigenvalue weighted by atomic mass is 10.1. The minimum absolute atomic E-state index is 0.0263. The van der Waals surface area contributed by atoms with Crippen LogP contribution in [0.3, 0.4) is 0 Å². The quantitative estimate of drug-likeness (QED) is 0.645. The van der Waals surface area contributed by atoms with Gasteiger partial charge in [-0.3, -0.25) is 9.78 Å². The van der Waals surface area contributed by atoms with Crippen molar-refractivity contribution in [2.24, 2.45) is 10.4 Å². The molecule has 0 unspecified atom stereocenters. The molecule has 0 aliphatic rings. The fourth-order valence-electron chi connectivity index (χ4n) is 2.19. The molecule has 0 bridgehead atoms. The predicted molar refractivity (Wildman–Crippen MR) is 90.9 cm³/mol. The number of benzene rings is 1. The Bertz CT molecular complexity index is 941. The van der Waals surface area contributed by atoms with Crippen LogP contribution in [-0.4, -0.2) is 27.6 Å². The number of amides is 1. The van der Waals surface area contributed by atoms with E-state index in [0.29, 0.717) is 17.5 Å². The summed E-state index contributed by atoms with van der Waals surface area (Å²) in [6.45, 7) is 0.260. The van der Waals surface area contributed by atoms with Crippen LogP contribution in [0.5, 0.6) is 0 Å². The number of pyridine rings is 1. The highest BCUT2D eigenvalue weighted by Crippen LogP contribution is 2.28. The van der Waals surface area contributed by atoms with Gasteiger partial charge in [-0.2, -0.15) is 0 Å². The molecule has 0 aliphatic heterocycles. The summed E-state index contributed by atoms with van der Waals surface area (Å²) in [6, 6.07) is 7.93. The zero-order chi connectivity index (χ0) is 18.4. The van der Waals surface area contributed by atoms with Gasteiger partial charge < -0.3 is 9.73 Å². The van der Waals surface area contributed by atoms with Crippen LogP contribution in [0.1, 0.15) is 16.2 Å². The molecule has 1 aromatic carbocycles. The number of hydrogen-bond acceptors (Lipinski definition) is 9. The molecule has 2 aromatic heterocycles. The summed E-state index contributed by atoms with van der Waals surface area (Å²) in [5, 5.41) is 15.6. The SMILES string of the molecule is O=Nc1ccc(CCNC(=O)c2nnc(-c3cccnc3)o2)cc1N=O. The molecule has 26 heavy (non-hydrogen) atoms. The van der Waals surface area contributed by atoms with Crippen LogP contribution >= 0.6 is 0 Å². The van der Waals surface area contributed by atoms with Gasteiger partial charge in [0.15, 0.2) is 0 Å². The molecule has 130 valence electrons. The highest BCUT2D eigenvalue weighted by molar-refractivity contribution is 5.89. The number of hydrogen-bond donors (Lipinski definition) is 1. The van der Waals surface area contributed by atoms with Crippen molar-refractivity contribution in [1.82, 2.24) is 20.5 Å². The molecule has 0 saturated carbocycles. The van der Waals surface area contributed by atoms with E-state index in [1.165, 1.54) is 12.1 Å². The third-order valence-electron chi connectivity index (χ3n) is 3.46. The van der Waals surface area contributed by atoms with E-state index in [0.717, 1.165) is 0 Å². The van der Waals surface area contributed by atoms with E-state index in [1.807, 2.05) is 0 Å². The maximum Gasteiger partial charge on any atom is 0.308 e. The van der Waals surface area contributed by atoms with E-state index in [2.05, 4.69) is 30.9 Å². The molecule has 0 aliphatic carbocycles. The van der Waals surface area contributed by atoms with Crippen LogP contribution in [0.15, 0.2) is 57.5 Å². The zero-order valence-electron chi connectivity index (χ0n) is 13.3. The Kier molecular flexibility index (Phi) is 5.13. The van der Waals surface area contributed by atoms with Crippen molar-refractivity contribution in [2.45, 2.75) is 6.42 Å². The van der Waals surface area contributed by atoms with Crippen molar-refractivity contribution in [2.75, 3.05) is 6.54 Å². The Morgan fingerprint density at radius 3 is 2.69 bits per heavy atom. The van der Waals surface area contributed by atoms with Crippen LogP contribution < -0.4 is 5.32 Å². The van der Waals surface area contributed by atoms with Gasteiger partial charge in [0.05, 0.1) is 5.56 Å². The van der Waals surface area contributed by atoms with Crippen LogP contribution in [0, 0.1) is 9.81 Å². The Morgan fingerprint density at radius 2 is 1.96 bits per heavy atom. The van der Waals surface area contributed by atoms with Gasteiger partial charge in [0.2, 0.25) is 5.89 Å². The van der Waals surface area contributed by atoms with Gasteiger partial charge in [0.25, 0.3) is 0 Å². The lowest BCUT2D eigenvalue weighted by Crippen LogP contribution is -2.26. The topological polar surface area (TPSA) is 140 Å². The fourth-order valence-corrected chi connectivity index (χ4v) is 2.19. The molecule has 0 fully saturated rings. The molecule has 10 nitrogen and oxygen atoms in total. The van der Waals surface area contributed by atoms with E-state index in [1.54, 1.807) is 30.6 Å². The van der Waals surface area contributed by atoms with Crippen molar-refractivity contribution in [3.8, 4) is 11.5 Å². The second kappa shape index (κ2) is 7.83. The molecule has 3 rings (SSSR count). The van der Waals surface area contributed by atoms with E-state index in [-0.39, 0.29) is 29.7 Å². The fraction of sp³-hybridized carbons (Fsp3) is 0.125.